The minimum absolute atomic E-state index is 0.0826. The fourth-order valence-electron chi connectivity index (χ4n) is 3.65. The summed E-state index contributed by atoms with van der Waals surface area (Å²) in [6, 6.07) is 11.8. The molecule has 2 aromatic heterocycles. The van der Waals surface area contributed by atoms with Crippen molar-refractivity contribution in [1.29, 1.82) is 0 Å². The number of aliphatic hydroxyl groups is 1. The maximum Gasteiger partial charge on any atom is 0.266 e. The average Bonchev–Trinajstić information content (AvgIpc) is 3.17. The number of hydrogen-bond acceptors (Lipinski definition) is 3. The van der Waals surface area contributed by atoms with E-state index >= 15 is 0 Å². The molecule has 4 aromatic rings. The van der Waals surface area contributed by atoms with E-state index in [0.29, 0.717) is 10.6 Å². The Balaban J connectivity index is 2.07. The molecule has 0 amide bonds. The van der Waals surface area contributed by atoms with Gasteiger partial charge in [-0.05, 0) is 58.2 Å². The number of thiophene rings is 1. The van der Waals surface area contributed by atoms with Crippen LogP contribution in [-0.2, 0) is 6.61 Å². The SMILES string of the molecule is CCC(C)c1ccc(-c2c(CO)ccc3[nH]c(=O)c4sccc4c23)cc1Cl. The van der Waals surface area contributed by atoms with Gasteiger partial charge < -0.3 is 10.1 Å². The van der Waals surface area contributed by atoms with Crippen LogP contribution in [0.25, 0.3) is 32.1 Å². The lowest BCUT2D eigenvalue weighted by Crippen LogP contribution is -2.05. The van der Waals surface area contributed by atoms with Gasteiger partial charge in [-0.3, -0.25) is 4.79 Å². The van der Waals surface area contributed by atoms with Crippen molar-refractivity contribution in [2.24, 2.45) is 0 Å². The summed E-state index contributed by atoms with van der Waals surface area (Å²) in [6.07, 6.45) is 1.02. The van der Waals surface area contributed by atoms with E-state index in [9.17, 15) is 9.90 Å². The third-order valence-corrected chi connectivity index (χ3v) is 6.52. The Morgan fingerprint density at radius 3 is 2.74 bits per heavy atom. The van der Waals surface area contributed by atoms with Crippen molar-refractivity contribution in [3.05, 3.63) is 68.3 Å². The molecule has 138 valence electrons. The van der Waals surface area contributed by atoms with Gasteiger partial charge in [0.2, 0.25) is 0 Å². The molecule has 0 saturated heterocycles. The van der Waals surface area contributed by atoms with Crippen LogP contribution >= 0.6 is 22.9 Å². The van der Waals surface area contributed by atoms with Crippen molar-refractivity contribution >= 4 is 43.9 Å². The molecule has 2 heterocycles. The van der Waals surface area contributed by atoms with E-state index < -0.39 is 0 Å². The van der Waals surface area contributed by atoms with Crippen molar-refractivity contribution in [1.82, 2.24) is 4.98 Å². The molecular formula is C22H20ClNO2S. The minimum atomic E-state index is -0.0830. The molecule has 0 fully saturated rings. The van der Waals surface area contributed by atoms with Crippen molar-refractivity contribution in [2.75, 3.05) is 0 Å². The molecular weight excluding hydrogens is 378 g/mol. The summed E-state index contributed by atoms with van der Waals surface area (Å²) in [7, 11) is 0. The second-order valence-electron chi connectivity index (χ2n) is 6.84. The molecule has 0 saturated carbocycles. The number of halogens is 1. The van der Waals surface area contributed by atoms with Crippen LogP contribution in [0.5, 0.6) is 0 Å². The van der Waals surface area contributed by atoms with E-state index in [0.717, 1.165) is 50.0 Å². The predicted molar refractivity (Wildman–Crippen MR) is 115 cm³/mol. The van der Waals surface area contributed by atoms with E-state index in [1.54, 1.807) is 0 Å². The van der Waals surface area contributed by atoms with Gasteiger partial charge in [0.15, 0.2) is 0 Å². The molecule has 27 heavy (non-hydrogen) atoms. The third-order valence-electron chi connectivity index (χ3n) is 5.28. The topological polar surface area (TPSA) is 53.1 Å². The van der Waals surface area contributed by atoms with E-state index in [1.165, 1.54) is 11.3 Å². The van der Waals surface area contributed by atoms with Crippen LogP contribution in [0, 0.1) is 0 Å². The number of H-pyrrole nitrogens is 1. The fourth-order valence-corrected chi connectivity index (χ4v) is 4.82. The second kappa shape index (κ2) is 7.12. The number of aromatic amines is 1. The standard InChI is InChI=1S/C22H20ClNO2S/c1-3-12(2)15-6-4-13(10-17(15)23)19-14(11-25)5-7-18-20(19)16-8-9-27-21(16)22(26)24-18/h4-10,12,25H,3,11H2,1-2H3,(H,24,26). The molecule has 0 aliphatic rings. The maximum absolute atomic E-state index is 12.3. The summed E-state index contributed by atoms with van der Waals surface area (Å²) in [5.74, 6) is 0.385. The molecule has 1 unspecified atom stereocenters. The highest BCUT2D eigenvalue weighted by Crippen LogP contribution is 2.39. The zero-order valence-electron chi connectivity index (χ0n) is 15.2. The van der Waals surface area contributed by atoms with Crippen molar-refractivity contribution in [3.8, 4) is 11.1 Å². The van der Waals surface area contributed by atoms with Gasteiger partial charge in [-0.15, -0.1) is 11.3 Å². The molecule has 4 rings (SSSR count). The lowest BCUT2D eigenvalue weighted by Gasteiger charge is -2.16. The largest absolute Gasteiger partial charge is 0.392 e. The van der Waals surface area contributed by atoms with Crippen LogP contribution in [0.2, 0.25) is 5.02 Å². The van der Waals surface area contributed by atoms with Crippen molar-refractivity contribution < 1.29 is 5.11 Å². The van der Waals surface area contributed by atoms with Crippen LogP contribution < -0.4 is 5.56 Å². The van der Waals surface area contributed by atoms with Gasteiger partial charge in [0.1, 0.15) is 4.70 Å². The number of aliphatic hydroxyl groups excluding tert-OH is 1. The van der Waals surface area contributed by atoms with Gasteiger partial charge in [-0.2, -0.15) is 0 Å². The van der Waals surface area contributed by atoms with E-state index in [-0.39, 0.29) is 12.2 Å². The molecule has 3 nitrogen and oxygen atoms in total. The number of hydrogen-bond donors (Lipinski definition) is 2. The smallest absolute Gasteiger partial charge is 0.266 e. The number of pyridine rings is 1. The third kappa shape index (κ3) is 2.98. The van der Waals surface area contributed by atoms with Crippen LogP contribution in [0.1, 0.15) is 37.3 Å². The first-order valence-electron chi connectivity index (χ1n) is 9.00. The normalized spacial score (nSPS) is 12.7. The van der Waals surface area contributed by atoms with Gasteiger partial charge in [0, 0.05) is 21.3 Å². The Morgan fingerprint density at radius 1 is 1.22 bits per heavy atom. The summed E-state index contributed by atoms with van der Waals surface area (Å²) in [5, 5.41) is 14.5. The summed E-state index contributed by atoms with van der Waals surface area (Å²) >= 11 is 8.03. The Morgan fingerprint density at radius 2 is 2.04 bits per heavy atom. The lowest BCUT2D eigenvalue weighted by molar-refractivity contribution is 0.282. The monoisotopic (exact) mass is 397 g/mol. The summed E-state index contributed by atoms with van der Waals surface area (Å²) in [6.45, 7) is 4.23. The molecule has 0 bridgehead atoms. The first kappa shape index (κ1) is 18.2. The molecule has 0 aliphatic carbocycles. The van der Waals surface area contributed by atoms with E-state index in [4.69, 9.17) is 11.6 Å². The zero-order valence-corrected chi connectivity index (χ0v) is 16.7. The average molecular weight is 398 g/mol. The van der Waals surface area contributed by atoms with Crippen LogP contribution in [0.3, 0.4) is 0 Å². The maximum atomic E-state index is 12.3. The lowest BCUT2D eigenvalue weighted by atomic mass is 9.91. The number of rotatable bonds is 4. The van der Waals surface area contributed by atoms with Crippen LogP contribution in [-0.4, -0.2) is 10.1 Å². The van der Waals surface area contributed by atoms with E-state index in [2.05, 4.69) is 31.0 Å². The summed E-state index contributed by atoms with van der Waals surface area (Å²) in [5.41, 5.74) is 4.49. The van der Waals surface area contributed by atoms with Gasteiger partial charge >= 0.3 is 0 Å². The minimum Gasteiger partial charge on any atom is -0.392 e. The Bertz CT molecular complexity index is 1210. The number of fused-ring (bicyclic) bond motifs is 3. The number of aromatic nitrogens is 1. The summed E-state index contributed by atoms with van der Waals surface area (Å²) < 4.78 is 0.696. The summed E-state index contributed by atoms with van der Waals surface area (Å²) in [4.78, 5) is 15.3. The second-order valence-corrected chi connectivity index (χ2v) is 8.17. The highest BCUT2D eigenvalue weighted by atomic mass is 35.5. The molecule has 5 heteroatoms. The van der Waals surface area contributed by atoms with Crippen LogP contribution in [0.4, 0.5) is 0 Å². The Labute approximate surface area is 166 Å². The molecule has 0 spiro atoms. The van der Waals surface area contributed by atoms with Gasteiger partial charge in [-0.25, -0.2) is 0 Å². The number of benzene rings is 2. The first-order chi connectivity index (χ1) is 13.0. The van der Waals surface area contributed by atoms with E-state index in [1.807, 2.05) is 29.6 Å². The van der Waals surface area contributed by atoms with Crippen molar-refractivity contribution in [3.63, 3.8) is 0 Å². The molecule has 0 radical (unpaired) electrons. The molecule has 0 aliphatic heterocycles. The van der Waals surface area contributed by atoms with Gasteiger partial charge in [0.05, 0.1) is 6.61 Å². The fraction of sp³-hybridized carbons (Fsp3) is 0.227. The predicted octanol–water partition coefficient (Wildman–Crippen LogP) is 6.07. The van der Waals surface area contributed by atoms with Gasteiger partial charge in [0.25, 0.3) is 5.56 Å². The van der Waals surface area contributed by atoms with Crippen LogP contribution in [0.15, 0.2) is 46.6 Å². The zero-order chi connectivity index (χ0) is 19.1. The quantitative estimate of drug-likeness (QED) is 0.439. The molecule has 1 atom stereocenters. The van der Waals surface area contributed by atoms with Gasteiger partial charge in [-0.1, -0.05) is 43.6 Å². The first-order valence-corrected chi connectivity index (χ1v) is 10.3. The highest BCUT2D eigenvalue weighted by Gasteiger charge is 2.17. The Kier molecular flexibility index (Phi) is 4.81. The highest BCUT2D eigenvalue weighted by molar-refractivity contribution is 7.17. The number of nitrogens with one attached hydrogen (secondary N) is 1. The molecule has 2 aromatic carbocycles. The van der Waals surface area contributed by atoms with Crippen molar-refractivity contribution in [2.45, 2.75) is 32.8 Å². The molecule has 2 N–H and O–H groups in total. The Hall–Kier alpha value is -2.14.